The summed E-state index contributed by atoms with van der Waals surface area (Å²) in [6.45, 7) is 9.35. The van der Waals surface area contributed by atoms with Crippen LogP contribution < -0.4 is 4.72 Å². The van der Waals surface area contributed by atoms with Gasteiger partial charge < -0.3 is 9.46 Å². The third-order valence-corrected chi connectivity index (χ3v) is 6.56. The third kappa shape index (κ3) is 5.32. The second kappa shape index (κ2) is 10.2. The number of carbonyl (C=O) groups is 2. The molecular weight excluding hydrogens is 422 g/mol. The molecule has 2 aromatic carbocycles. The number of nitriles is 1. The van der Waals surface area contributed by atoms with Crippen molar-refractivity contribution in [2.24, 2.45) is 0 Å². The van der Waals surface area contributed by atoms with Crippen LogP contribution in [0, 0.1) is 18.3 Å². The van der Waals surface area contributed by atoms with Gasteiger partial charge in [-0.3, -0.25) is 14.5 Å². The second-order valence-electron chi connectivity index (χ2n) is 8.91. The Balaban J connectivity index is 1.83. The fraction of sp³-hybridized carbons (Fsp3) is 0.400. The first-order valence-electron chi connectivity index (χ1n) is 10.7. The van der Waals surface area contributed by atoms with Gasteiger partial charge in [0.1, 0.15) is 0 Å². The Labute approximate surface area is 194 Å². The standard InChI is InChI=1S/C25H29N3O3S/c1-17-22(27-32-21-8-6-19(7-9-21)25(2,3)4)10-5-18(15-26)23(17)24(30)28(16-29)20-11-13-31-14-12-20/h5-10,16,20,27H,11-14H2,1-4H3. The van der Waals surface area contributed by atoms with Crippen LogP contribution in [0.3, 0.4) is 0 Å². The molecule has 7 heteroatoms. The Morgan fingerprint density at radius 2 is 1.84 bits per heavy atom. The van der Waals surface area contributed by atoms with Crippen LogP contribution in [0.2, 0.25) is 0 Å². The van der Waals surface area contributed by atoms with Crippen LogP contribution in [0.1, 0.15) is 60.7 Å². The number of imide groups is 1. The van der Waals surface area contributed by atoms with E-state index in [9.17, 15) is 14.9 Å². The van der Waals surface area contributed by atoms with Crippen LogP contribution >= 0.6 is 11.9 Å². The Morgan fingerprint density at radius 3 is 2.41 bits per heavy atom. The minimum atomic E-state index is -0.441. The van der Waals surface area contributed by atoms with E-state index in [2.05, 4.69) is 55.8 Å². The van der Waals surface area contributed by atoms with Gasteiger partial charge in [0.05, 0.1) is 17.2 Å². The topological polar surface area (TPSA) is 82.4 Å². The lowest BCUT2D eigenvalue weighted by molar-refractivity contribution is -0.119. The minimum absolute atomic E-state index is 0.0878. The summed E-state index contributed by atoms with van der Waals surface area (Å²) in [5.41, 5.74) is 3.24. The van der Waals surface area contributed by atoms with E-state index in [0.717, 1.165) is 10.6 Å². The first-order chi connectivity index (χ1) is 15.3. The van der Waals surface area contributed by atoms with E-state index in [1.165, 1.54) is 22.4 Å². The highest BCUT2D eigenvalue weighted by Gasteiger charge is 2.29. The molecule has 1 N–H and O–H groups in total. The van der Waals surface area contributed by atoms with Gasteiger partial charge in [-0.05, 0) is 72.5 Å². The number of hydrogen-bond acceptors (Lipinski definition) is 6. The Hall–Kier alpha value is -2.82. The summed E-state index contributed by atoms with van der Waals surface area (Å²) in [6.07, 6.45) is 1.78. The molecule has 3 rings (SSSR count). The van der Waals surface area contributed by atoms with Gasteiger partial charge in [-0.15, -0.1) is 0 Å². The molecule has 2 aromatic rings. The number of amides is 2. The highest BCUT2D eigenvalue weighted by molar-refractivity contribution is 8.00. The van der Waals surface area contributed by atoms with Gasteiger partial charge in [-0.1, -0.05) is 32.9 Å². The Morgan fingerprint density at radius 1 is 1.19 bits per heavy atom. The first-order valence-corrected chi connectivity index (χ1v) is 11.5. The van der Waals surface area contributed by atoms with Crippen molar-refractivity contribution in [2.45, 2.75) is 56.9 Å². The van der Waals surface area contributed by atoms with E-state index >= 15 is 0 Å². The van der Waals surface area contributed by atoms with E-state index in [4.69, 9.17) is 4.74 Å². The summed E-state index contributed by atoms with van der Waals surface area (Å²) in [4.78, 5) is 27.3. The van der Waals surface area contributed by atoms with Crippen molar-refractivity contribution in [3.8, 4) is 6.07 Å². The molecule has 32 heavy (non-hydrogen) atoms. The van der Waals surface area contributed by atoms with Crippen LogP contribution in [-0.2, 0) is 14.9 Å². The summed E-state index contributed by atoms with van der Waals surface area (Å²) in [5, 5.41) is 9.59. The lowest BCUT2D eigenvalue weighted by atomic mass is 9.87. The van der Waals surface area contributed by atoms with E-state index < -0.39 is 5.91 Å². The summed E-state index contributed by atoms with van der Waals surface area (Å²) in [7, 11) is 0. The zero-order valence-electron chi connectivity index (χ0n) is 19.0. The average molecular weight is 452 g/mol. The largest absolute Gasteiger partial charge is 0.381 e. The highest BCUT2D eigenvalue weighted by atomic mass is 32.2. The number of hydrogen-bond donors (Lipinski definition) is 1. The van der Waals surface area contributed by atoms with Gasteiger partial charge in [-0.25, -0.2) is 0 Å². The summed E-state index contributed by atoms with van der Waals surface area (Å²) >= 11 is 1.44. The Kier molecular flexibility index (Phi) is 7.60. The normalized spacial score (nSPS) is 14.5. The number of anilines is 1. The zero-order valence-corrected chi connectivity index (χ0v) is 19.8. The van der Waals surface area contributed by atoms with Gasteiger partial charge >= 0.3 is 0 Å². The number of nitrogens with one attached hydrogen (secondary N) is 1. The molecule has 1 aliphatic rings. The molecular formula is C25H29N3O3S. The smallest absolute Gasteiger partial charge is 0.262 e. The van der Waals surface area contributed by atoms with Crippen LogP contribution in [0.25, 0.3) is 0 Å². The van der Waals surface area contributed by atoms with Crippen LogP contribution in [0.15, 0.2) is 41.3 Å². The van der Waals surface area contributed by atoms with Crippen molar-refractivity contribution in [1.29, 1.82) is 5.26 Å². The molecule has 0 unspecified atom stereocenters. The molecule has 0 saturated carbocycles. The lowest BCUT2D eigenvalue weighted by Crippen LogP contribution is -2.43. The van der Waals surface area contributed by atoms with Crippen molar-refractivity contribution >= 4 is 30.0 Å². The third-order valence-electron chi connectivity index (χ3n) is 5.73. The number of carbonyl (C=O) groups excluding carboxylic acids is 2. The SMILES string of the molecule is Cc1c(NSc2ccc(C(C)(C)C)cc2)ccc(C#N)c1C(=O)N(C=O)C1CCOCC1. The predicted octanol–water partition coefficient (Wildman–Crippen LogP) is 5.06. The van der Waals surface area contributed by atoms with Crippen molar-refractivity contribution in [3.05, 3.63) is 58.7 Å². The second-order valence-corrected chi connectivity index (χ2v) is 9.79. The molecule has 1 saturated heterocycles. The van der Waals surface area contributed by atoms with E-state index in [1.807, 2.05) is 0 Å². The molecule has 0 aliphatic carbocycles. The molecule has 0 spiro atoms. The molecule has 0 atom stereocenters. The van der Waals surface area contributed by atoms with Crippen LogP contribution in [0.4, 0.5) is 5.69 Å². The molecule has 168 valence electrons. The minimum Gasteiger partial charge on any atom is -0.381 e. The fourth-order valence-electron chi connectivity index (χ4n) is 3.72. The van der Waals surface area contributed by atoms with E-state index in [0.29, 0.717) is 38.0 Å². The molecule has 1 aliphatic heterocycles. The van der Waals surface area contributed by atoms with E-state index in [-0.39, 0.29) is 22.6 Å². The highest BCUT2D eigenvalue weighted by Crippen LogP contribution is 2.30. The monoisotopic (exact) mass is 451 g/mol. The zero-order chi connectivity index (χ0) is 23.3. The lowest BCUT2D eigenvalue weighted by Gasteiger charge is -2.30. The van der Waals surface area contributed by atoms with Crippen molar-refractivity contribution in [1.82, 2.24) is 4.90 Å². The maximum Gasteiger partial charge on any atom is 0.262 e. The molecule has 0 bridgehead atoms. The van der Waals surface area contributed by atoms with Crippen molar-refractivity contribution < 1.29 is 14.3 Å². The molecule has 0 aromatic heterocycles. The molecule has 6 nitrogen and oxygen atoms in total. The van der Waals surface area contributed by atoms with Gasteiger partial charge in [0.25, 0.3) is 5.91 Å². The summed E-state index contributed by atoms with van der Waals surface area (Å²) < 4.78 is 8.65. The number of rotatable bonds is 6. The van der Waals surface area contributed by atoms with E-state index in [1.54, 1.807) is 19.1 Å². The summed E-state index contributed by atoms with van der Waals surface area (Å²) in [6, 6.07) is 13.6. The molecule has 0 radical (unpaired) electrons. The first kappa shape index (κ1) is 23.8. The van der Waals surface area contributed by atoms with Crippen LogP contribution in [-0.4, -0.2) is 36.5 Å². The molecule has 1 heterocycles. The molecule has 2 amide bonds. The fourth-order valence-corrected chi connectivity index (χ4v) is 4.44. The summed E-state index contributed by atoms with van der Waals surface area (Å²) in [5.74, 6) is -0.441. The quantitative estimate of drug-likeness (QED) is 0.488. The van der Waals surface area contributed by atoms with Gasteiger partial charge in [0, 0.05) is 29.8 Å². The molecule has 1 fully saturated rings. The van der Waals surface area contributed by atoms with Gasteiger partial charge in [0.15, 0.2) is 0 Å². The Bertz CT molecular complexity index is 1020. The number of benzene rings is 2. The van der Waals surface area contributed by atoms with Crippen molar-refractivity contribution in [2.75, 3.05) is 17.9 Å². The predicted molar refractivity (Wildman–Crippen MR) is 127 cm³/mol. The van der Waals surface area contributed by atoms with Crippen LogP contribution in [0.5, 0.6) is 0 Å². The maximum absolute atomic E-state index is 13.3. The van der Waals surface area contributed by atoms with Gasteiger partial charge in [-0.2, -0.15) is 5.26 Å². The number of nitrogens with zero attached hydrogens (tertiary/aromatic N) is 2. The maximum atomic E-state index is 13.3. The van der Waals surface area contributed by atoms with Gasteiger partial charge in [0.2, 0.25) is 6.41 Å². The number of ether oxygens (including phenoxy) is 1. The van der Waals surface area contributed by atoms with Crippen molar-refractivity contribution in [3.63, 3.8) is 0 Å². The average Bonchev–Trinajstić information content (AvgIpc) is 2.78.